The van der Waals surface area contributed by atoms with Crippen molar-refractivity contribution in [2.75, 3.05) is 20.2 Å². The van der Waals surface area contributed by atoms with Crippen LogP contribution in [0.15, 0.2) is 0 Å². The van der Waals surface area contributed by atoms with Crippen molar-refractivity contribution in [1.82, 2.24) is 10.2 Å². The molecule has 1 N–H and O–H groups in total. The van der Waals surface area contributed by atoms with Gasteiger partial charge in [0.2, 0.25) is 0 Å². The summed E-state index contributed by atoms with van der Waals surface area (Å²) in [5.74, 6) is 0. The molecule has 1 aliphatic carbocycles. The van der Waals surface area contributed by atoms with Crippen molar-refractivity contribution in [1.29, 1.82) is 0 Å². The summed E-state index contributed by atoms with van der Waals surface area (Å²) >= 11 is 0. The second-order valence-electron chi connectivity index (χ2n) is 6.63. The van der Waals surface area contributed by atoms with Gasteiger partial charge in [0.25, 0.3) is 0 Å². The monoisotopic (exact) mass is 308 g/mol. The van der Waals surface area contributed by atoms with Crippen LogP contribution < -0.4 is 5.32 Å². The maximum atomic E-state index is 12.2. The van der Waals surface area contributed by atoms with Gasteiger partial charge in [-0.1, -0.05) is 0 Å². The lowest BCUT2D eigenvalue weighted by Gasteiger charge is -2.39. The molecule has 2 fully saturated rings. The Balaban J connectivity index is 1.74. The summed E-state index contributed by atoms with van der Waals surface area (Å²) in [6.45, 7) is 2.19. The van der Waals surface area contributed by atoms with Crippen LogP contribution in [0.2, 0.25) is 0 Å². The van der Waals surface area contributed by atoms with E-state index >= 15 is 0 Å². The number of hydrogen-bond donors (Lipinski definition) is 1. The molecule has 1 saturated heterocycles. The largest absolute Gasteiger partial charge is 0.411 e. The maximum Gasteiger partial charge on any atom is 0.411 e. The van der Waals surface area contributed by atoms with E-state index in [0.29, 0.717) is 24.5 Å². The van der Waals surface area contributed by atoms with Gasteiger partial charge in [0, 0.05) is 18.1 Å². The topological polar surface area (TPSA) is 24.5 Å². The average Bonchev–Trinajstić information content (AvgIpc) is 2.40. The van der Waals surface area contributed by atoms with E-state index in [1.165, 1.54) is 0 Å². The Morgan fingerprint density at radius 1 is 1.14 bits per heavy atom. The van der Waals surface area contributed by atoms with Crippen molar-refractivity contribution in [3.63, 3.8) is 0 Å². The molecule has 0 aromatic rings. The molecular formula is C15H27F3N2O. The smallest absolute Gasteiger partial charge is 0.369 e. The van der Waals surface area contributed by atoms with Crippen LogP contribution in [0, 0.1) is 0 Å². The summed E-state index contributed by atoms with van der Waals surface area (Å²) in [4.78, 5) is 2.36. The van der Waals surface area contributed by atoms with Gasteiger partial charge in [-0.3, -0.25) is 0 Å². The van der Waals surface area contributed by atoms with Crippen LogP contribution >= 0.6 is 0 Å². The fourth-order valence-corrected chi connectivity index (χ4v) is 3.43. The first-order chi connectivity index (χ1) is 9.83. The van der Waals surface area contributed by atoms with Crippen LogP contribution in [0.25, 0.3) is 0 Å². The lowest BCUT2D eigenvalue weighted by molar-refractivity contribution is -0.188. The van der Waals surface area contributed by atoms with Gasteiger partial charge < -0.3 is 15.0 Å². The third-order valence-corrected chi connectivity index (χ3v) is 4.79. The molecule has 0 radical (unpaired) electrons. The van der Waals surface area contributed by atoms with Gasteiger partial charge >= 0.3 is 6.18 Å². The van der Waals surface area contributed by atoms with E-state index in [2.05, 4.69) is 24.2 Å². The van der Waals surface area contributed by atoms with Crippen molar-refractivity contribution < 1.29 is 17.9 Å². The number of nitrogens with zero attached hydrogens (tertiary/aromatic N) is 1. The van der Waals surface area contributed by atoms with Crippen molar-refractivity contribution in [3.05, 3.63) is 0 Å². The minimum absolute atomic E-state index is 0.249. The van der Waals surface area contributed by atoms with Crippen molar-refractivity contribution in [3.8, 4) is 0 Å². The molecule has 1 aliphatic heterocycles. The Kier molecular flexibility index (Phi) is 5.91. The summed E-state index contributed by atoms with van der Waals surface area (Å²) in [5.41, 5.74) is 0. The Labute approximate surface area is 125 Å². The zero-order chi connectivity index (χ0) is 15.5. The molecule has 124 valence electrons. The quantitative estimate of drug-likeness (QED) is 0.864. The Morgan fingerprint density at radius 3 is 2.52 bits per heavy atom. The van der Waals surface area contributed by atoms with Crippen LogP contribution in [0.5, 0.6) is 0 Å². The van der Waals surface area contributed by atoms with Crippen LogP contribution in [0.3, 0.4) is 0 Å². The van der Waals surface area contributed by atoms with Gasteiger partial charge in [0.15, 0.2) is 0 Å². The molecule has 0 bridgehead atoms. The third kappa shape index (κ3) is 5.75. The van der Waals surface area contributed by atoms with Crippen LogP contribution in [-0.4, -0.2) is 55.5 Å². The fraction of sp³-hybridized carbons (Fsp3) is 1.00. The fourth-order valence-electron chi connectivity index (χ4n) is 3.43. The first-order valence-corrected chi connectivity index (χ1v) is 7.98. The minimum atomic E-state index is -4.22. The van der Waals surface area contributed by atoms with E-state index in [-0.39, 0.29) is 6.10 Å². The molecule has 0 aromatic heterocycles. The number of nitrogens with one attached hydrogen (secondary N) is 1. The van der Waals surface area contributed by atoms with Gasteiger partial charge in [-0.05, 0) is 59.0 Å². The number of likely N-dealkylation sites (tertiary alicyclic amines) is 1. The maximum absolute atomic E-state index is 12.2. The number of ether oxygens (including phenoxy) is 1. The van der Waals surface area contributed by atoms with Gasteiger partial charge in [0.1, 0.15) is 6.61 Å². The molecular weight excluding hydrogens is 281 g/mol. The number of alkyl halides is 3. The first-order valence-electron chi connectivity index (χ1n) is 7.98. The molecule has 4 atom stereocenters. The molecule has 21 heavy (non-hydrogen) atoms. The molecule has 3 nitrogen and oxygen atoms in total. The summed E-state index contributed by atoms with van der Waals surface area (Å²) in [5, 5.41) is 3.65. The van der Waals surface area contributed by atoms with Crippen LogP contribution in [-0.2, 0) is 4.74 Å². The number of piperidine rings is 1. The molecule has 0 spiro atoms. The SMILES string of the molecule is CC1CC(NC2CCCC(OCC(F)(F)F)C2)CCN1C. The number of hydrogen-bond acceptors (Lipinski definition) is 3. The third-order valence-electron chi connectivity index (χ3n) is 4.79. The molecule has 6 heteroatoms. The van der Waals surface area contributed by atoms with E-state index in [1.54, 1.807) is 0 Å². The predicted octanol–water partition coefficient (Wildman–Crippen LogP) is 2.95. The molecule has 0 aromatic carbocycles. The highest BCUT2D eigenvalue weighted by Gasteiger charge is 2.32. The van der Waals surface area contributed by atoms with Gasteiger partial charge in [-0.25, -0.2) is 0 Å². The molecule has 1 heterocycles. The molecule has 0 amide bonds. The summed E-state index contributed by atoms with van der Waals surface area (Å²) in [6, 6.07) is 1.36. The van der Waals surface area contributed by atoms with E-state index in [1.807, 2.05) is 0 Å². The molecule has 1 saturated carbocycles. The van der Waals surface area contributed by atoms with Gasteiger partial charge in [-0.2, -0.15) is 13.2 Å². The Morgan fingerprint density at radius 2 is 1.86 bits per heavy atom. The molecule has 2 rings (SSSR count). The standard InChI is InChI=1S/C15H27F3N2O/c1-11-8-13(6-7-20(11)2)19-12-4-3-5-14(9-12)21-10-15(16,17)18/h11-14,19H,3-10H2,1-2H3. The van der Waals surface area contributed by atoms with Crippen molar-refractivity contribution >= 4 is 0 Å². The molecule has 2 aliphatic rings. The Bertz CT molecular complexity index is 325. The zero-order valence-corrected chi connectivity index (χ0v) is 13.0. The van der Waals surface area contributed by atoms with E-state index in [4.69, 9.17) is 4.74 Å². The Hall–Kier alpha value is -0.330. The first kappa shape index (κ1) is 17.0. The number of halogens is 3. The highest BCUT2D eigenvalue weighted by molar-refractivity contribution is 4.86. The minimum Gasteiger partial charge on any atom is -0.369 e. The normalized spacial score (nSPS) is 35.9. The second kappa shape index (κ2) is 7.29. The highest BCUT2D eigenvalue weighted by Crippen LogP contribution is 2.25. The predicted molar refractivity (Wildman–Crippen MR) is 76.3 cm³/mol. The lowest BCUT2D eigenvalue weighted by atomic mass is 9.90. The lowest BCUT2D eigenvalue weighted by Crippen LogP contribution is -2.50. The highest BCUT2D eigenvalue weighted by atomic mass is 19.4. The van der Waals surface area contributed by atoms with Crippen molar-refractivity contribution in [2.24, 2.45) is 0 Å². The van der Waals surface area contributed by atoms with Gasteiger partial charge in [0.05, 0.1) is 6.10 Å². The van der Waals surface area contributed by atoms with E-state index < -0.39 is 12.8 Å². The zero-order valence-electron chi connectivity index (χ0n) is 13.0. The second-order valence-corrected chi connectivity index (χ2v) is 6.63. The summed E-state index contributed by atoms with van der Waals surface area (Å²) in [7, 11) is 2.14. The van der Waals surface area contributed by atoms with Gasteiger partial charge in [-0.15, -0.1) is 0 Å². The average molecular weight is 308 g/mol. The van der Waals surface area contributed by atoms with Crippen LogP contribution in [0.4, 0.5) is 13.2 Å². The number of rotatable bonds is 4. The van der Waals surface area contributed by atoms with E-state index in [0.717, 1.165) is 38.6 Å². The van der Waals surface area contributed by atoms with Crippen LogP contribution in [0.1, 0.15) is 45.4 Å². The van der Waals surface area contributed by atoms with Crippen molar-refractivity contribution in [2.45, 2.75) is 75.9 Å². The summed E-state index contributed by atoms with van der Waals surface area (Å²) in [6.07, 6.45) is 1.21. The summed E-state index contributed by atoms with van der Waals surface area (Å²) < 4.78 is 41.7. The van der Waals surface area contributed by atoms with E-state index in [9.17, 15) is 13.2 Å². The molecule has 4 unspecified atom stereocenters.